The minimum atomic E-state index is -0.0806. The molecular formula is C19H20N2. The van der Waals surface area contributed by atoms with Crippen LogP contribution in [0.1, 0.15) is 25.0 Å². The summed E-state index contributed by atoms with van der Waals surface area (Å²) >= 11 is 0. The van der Waals surface area contributed by atoms with E-state index >= 15 is 0 Å². The fourth-order valence-electron chi connectivity index (χ4n) is 3.07. The molecule has 1 aliphatic heterocycles. The lowest BCUT2D eigenvalue weighted by Gasteiger charge is -2.30. The fourth-order valence-corrected chi connectivity index (χ4v) is 3.07. The van der Waals surface area contributed by atoms with E-state index in [0.717, 1.165) is 24.3 Å². The highest BCUT2D eigenvalue weighted by molar-refractivity contribution is 6.13. The van der Waals surface area contributed by atoms with Crippen LogP contribution in [0, 0.1) is 5.41 Å². The Morgan fingerprint density at radius 1 is 0.667 bits per heavy atom. The molecule has 1 heterocycles. The Hall–Kier alpha value is -2.22. The van der Waals surface area contributed by atoms with E-state index in [2.05, 4.69) is 84.7 Å². The minimum absolute atomic E-state index is 0.0806. The first-order chi connectivity index (χ1) is 10.2. The molecule has 2 aromatic carbocycles. The predicted molar refractivity (Wildman–Crippen MR) is 88.9 cm³/mol. The maximum absolute atomic E-state index is 4.37. The lowest BCUT2D eigenvalue weighted by molar-refractivity contribution is 0.570. The highest BCUT2D eigenvalue weighted by atomic mass is 15.2. The number of rotatable bonds is 4. The second kappa shape index (κ2) is 5.65. The molecule has 1 aliphatic rings. The monoisotopic (exact) mass is 276 g/mol. The average molecular weight is 276 g/mol. The van der Waals surface area contributed by atoms with Crippen molar-refractivity contribution >= 4 is 11.4 Å². The van der Waals surface area contributed by atoms with Gasteiger partial charge in [0.05, 0.1) is 5.41 Å². The Labute approximate surface area is 126 Å². The van der Waals surface area contributed by atoms with Crippen LogP contribution in [0.25, 0.3) is 0 Å². The van der Waals surface area contributed by atoms with Gasteiger partial charge in [0.25, 0.3) is 0 Å². The van der Waals surface area contributed by atoms with Gasteiger partial charge >= 0.3 is 0 Å². The van der Waals surface area contributed by atoms with E-state index < -0.39 is 0 Å². The molecule has 0 saturated carbocycles. The quantitative estimate of drug-likeness (QED) is 0.795. The van der Waals surface area contributed by atoms with Crippen LogP contribution in [0.15, 0.2) is 70.9 Å². The summed E-state index contributed by atoms with van der Waals surface area (Å²) in [5.41, 5.74) is 4.82. The summed E-state index contributed by atoms with van der Waals surface area (Å²) in [4.78, 5) is 0. The van der Waals surface area contributed by atoms with E-state index in [-0.39, 0.29) is 5.41 Å². The van der Waals surface area contributed by atoms with Crippen LogP contribution in [-0.4, -0.2) is 11.4 Å². The zero-order valence-corrected chi connectivity index (χ0v) is 12.6. The van der Waals surface area contributed by atoms with Gasteiger partial charge in [0.2, 0.25) is 0 Å². The first-order valence-corrected chi connectivity index (χ1v) is 7.38. The van der Waals surface area contributed by atoms with Gasteiger partial charge in [-0.2, -0.15) is 10.2 Å². The second-order valence-electron chi connectivity index (χ2n) is 5.78. The van der Waals surface area contributed by atoms with E-state index in [1.54, 1.807) is 0 Å². The van der Waals surface area contributed by atoms with Crippen molar-refractivity contribution in [3.63, 3.8) is 0 Å². The van der Waals surface area contributed by atoms with Crippen molar-refractivity contribution in [2.24, 2.45) is 15.6 Å². The highest BCUT2D eigenvalue weighted by Gasteiger charge is 2.40. The standard InChI is InChI=1S/C19H20N2/c1-15-19(16(2)21-20-15,13-17-9-5-3-6-10-17)14-18-11-7-4-8-12-18/h3-12H,13-14H2,1-2H3. The number of benzene rings is 2. The Morgan fingerprint density at radius 2 is 1.05 bits per heavy atom. The Kier molecular flexibility index (Phi) is 3.70. The molecule has 0 atom stereocenters. The third-order valence-electron chi connectivity index (χ3n) is 4.43. The van der Waals surface area contributed by atoms with Gasteiger partial charge in [-0.1, -0.05) is 60.7 Å². The molecule has 0 radical (unpaired) electrons. The van der Waals surface area contributed by atoms with Gasteiger partial charge in [0, 0.05) is 11.4 Å². The van der Waals surface area contributed by atoms with E-state index in [4.69, 9.17) is 0 Å². The molecule has 2 aromatic rings. The van der Waals surface area contributed by atoms with Crippen molar-refractivity contribution in [3.8, 4) is 0 Å². The maximum Gasteiger partial charge on any atom is 0.0581 e. The van der Waals surface area contributed by atoms with Crippen molar-refractivity contribution in [1.29, 1.82) is 0 Å². The summed E-state index contributed by atoms with van der Waals surface area (Å²) in [6, 6.07) is 21.3. The minimum Gasteiger partial charge on any atom is -0.159 e. The highest BCUT2D eigenvalue weighted by Crippen LogP contribution is 2.35. The van der Waals surface area contributed by atoms with Crippen molar-refractivity contribution in [2.45, 2.75) is 26.7 Å². The largest absolute Gasteiger partial charge is 0.159 e. The number of hydrogen-bond acceptors (Lipinski definition) is 2. The summed E-state index contributed by atoms with van der Waals surface area (Å²) in [7, 11) is 0. The van der Waals surface area contributed by atoms with Gasteiger partial charge in [-0.05, 0) is 37.8 Å². The van der Waals surface area contributed by atoms with Crippen LogP contribution < -0.4 is 0 Å². The molecule has 0 aliphatic carbocycles. The normalized spacial score (nSPS) is 16.5. The molecule has 21 heavy (non-hydrogen) atoms. The van der Waals surface area contributed by atoms with Gasteiger partial charge in [0.15, 0.2) is 0 Å². The van der Waals surface area contributed by atoms with Gasteiger partial charge < -0.3 is 0 Å². The summed E-state index contributed by atoms with van der Waals surface area (Å²) in [5.74, 6) is 0. The summed E-state index contributed by atoms with van der Waals surface area (Å²) < 4.78 is 0. The van der Waals surface area contributed by atoms with Crippen molar-refractivity contribution in [2.75, 3.05) is 0 Å². The Balaban J connectivity index is 1.97. The first kappa shape index (κ1) is 13.7. The van der Waals surface area contributed by atoms with Gasteiger partial charge in [0.1, 0.15) is 0 Å². The molecule has 0 unspecified atom stereocenters. The first-order valence-electron chi connectivity index (χ1n) is 7.38. The lowest BCUT2D eigenvalue weighted by Crippen LogP contribution is -2.38. The molecule has 0 saturated heterocycles. The topological polar surface area (TPSA) is 24.7 Å². The van der Waals surface area contributed by atoms with Crippen LogP contribution in [0.2, 0.25) is 0 Å². The van der Waals surface area contributed by atoms with E-state index in [1.807, 2.05) is 0 Å². The Bertz CT molecular complexity index is 608. The second-order valence-corrected chi connectivity index (χ2v) is 5.78. The summed E-state index contributed by atoms with van der Waals surface area (Å²) in [6.45, 7) is 4.21. The molecular weight excluding hydrogens is 256 g/mol. The molecule has 2 nitrogen and oxygen atoms in total. The summed E-state index contributed by atoms with van der Waals surface area (Å²) in [6.07, 6.45) is 1.90. The smallest absolute Gasteiger partial charge is 0.0581 e. The van der Waals surface area contributed by atoms with Crippen LogP contribution in [0.4, 0.5) is 0 Å². The molecule has 0 spiro atoms. The fraction of sp³-hybridized carbons (Fsp3) is 0.263. The van der Waals surface area contributed by atoms with Crippen molar-refractivity contribution in [1.82, 2.24) is 0 Å². The van der Waals surface area contributed by atoms with Crippen LogP contribution in [-0.2, 0) is 12.8 Å². The van der Waals surface area contributed by atoms with Crippen LogP contribution in [0.3, 0.4) is 0 Å². The third-order valence-corrected chi connectivity index (χ3v) is 4.43. The zero-order chi connectivity index (χ0) is 14.7. The predicted octanol–water partition coefficient (Wildman–Crippen LogP) is 4.31. The molecule has 0 fully saturated rings. The third kappa shape index (κ3) is 2.66. The van der Waals surface area contributed by atoms with E-state index in [1.165, 1.54) is 11.1 Å². The van der Waals surface area contributed by atoms with Crippen LogP contribution >= 0.6 is 0 Å². The maximum atomic E-state index is 4.37. The number of nitrogens with zero attached hydrogens (tertiary/aromatic N) is 2. The lowest BCUT2D eigenvalue weighted by atomic mass is 9.70. The number of hydrogen-bond donors (Lipinski definition) is 0. The van der Waals surface area contributed by atoms with Crippen LogP contribution in [0.5, 0.6) is 0 Å². The average Bonchev–Trinajstić information content (AvgIpc) is 2.78. The van der Waals surface area contributed by atoms with Gasteiger partial charge in [-0.3, -0.25) is 0 Å². The molecule has 0 amide bonds. The molecule has 0 aromatic heterocycles. The molecule has 3 rings (SSSR count). The SMILES string of the molecule is CC1=NN=C(C)C1(Cc1ccccc1)Cc1ccccc1. The van der Waals surface area contributed by atoms with Gasteiger partial charge in [-0.25, -0.2) is 0 Å². The van der Waals surface area contributed by atoms with Gasteiger partial charge in [-0.15, -0.1) is 0 Å². The van der Waals surface area contributed by atoms with Crippen molar-refractivity contribution in [3.05, 3.63) is 71.8 Å². The Morgan fingerprint density at radius 3 is 1.43 bits per heavy atom. The van der Waals surface area contributed by atoms with E-state index in [9.17, 15) is 0 Å². The van der Waals surface area contributed by atoms with Crippen molar-refractivity contribution < 1.29 is 0 Å². The summed E-state index contributed by atoms with van der Waals surface area (Å²) in [5, 5.41) is 8.74. The molecule has 0 N–H and O–H groups in total. The van der Waals surface area contributed by atoms with E-state index in [0.29, 0.717) is 0 Å². The molecule has 0 bridgehead atoms. The zero-order valence-electron chi connectivity index (χ0n) is 12.6. The molecule has 106 valence electrons. The molecule has 2 heteroatoms.